The van der Waals surface area contributed by atoms with Gasteiger partial charge in [0.1, 0.15) is 18.9 Å². The summed E-state index contributed by atoms with van der Waals surface area (Å²) >= 11 is 0. The zero-order valence-corrected chi connectivity index (χ0v) is 31.3. The van der Waals surface area contributed by atoms with E-state index in [1.54, 1.807) is 0 Å². The molecule has 11 N–H and O–H groups in total. The summed E-state index contributed by atoms with van der Waals surface area (Å²) in [4.78, 5) is 0.0756. The lowest BCUT2D eigenvalue weighted by molar-refractivity contribution is -0.890. The number of nitrogens with two attached hydrogens (primary N) is 4. The molecule has 0 aliphatic rings. The molecule has 0 saturated heterocycles. The SMILES string of the molecule is CCCCCCCCCCCC[N+](C)(C)CCOc1ccccc1.I.N=C(N)NC(=N)N.Nc1ccc(S(N)(=O)=O)cc1.[Br-]. The first-order valence-electron chi connectivity index (χ1n) is 14.6. The highest BCUT2D eigenvalue weighted by molar-refractivity contribution is 14.0. The van der Waals surface area contributed by atoms with Gasteiger partial charge >= 0.3 is 0 Å². The summed E-state index contributed by atoms with van der Waals surface area (Å²) in [7, 11) is 1.07. The van der Waals surface area contributed by atoms with Gasteiger partial charge in [-0.25, -0.2) is 13.6 Å². The average molecular weight is 816 g/mol. The fourth-order valence-corrected chi connectivity index (χ4v) is 4.38. The molecule has 0 bridgehead atoms. The van der Waals surface area contributed by atoms with Crippen molar-refractivity contribution in [1.82, 2.24) is 5.32 Å². The number of guanidine groups is 2. The molecule has 0 amide bonds. The lowest BCUT2D eigenvalue weighted by Crippen LogP contribution is -3.00. The van der Waals surface area contributed by atoms with Crippen molar-refractivity contribution in [3.63, 3.8) is 0 Å². The molecule has 2 aromatic carbocycles. The maximum Gasteiger partial charge on any atom is 0.238 e. The van der Waals surface area contributed by atoms with Crippen molar-refractivity contribution in [3.05, 3.63) is 54.6 Å². The average Bonchev–Trinajstić information content (AvgIpc) is 2.90. The Labute approximate surface area is 293 Å². The number of para-hydroxylation sites is 1. The van der Waals surface area contributed by atoms with Gasteiger partial charge in [0.15, 0.2) is 11.9 Å². The summed E-state index contributed by atoms with van der Waals surface area (Å²) in [5.74, 6) is 0.358. The van der Waals surface area contributed by atoms with Crippen LogP contribution in [0, 0.1) is 10.8 Å². The highest BCUT2D eigenvalue weighted by Crippen LogP contribution is 2.13. The van der Waals surface area contributed by atoms with E-state index in [1.807, 2.05) is 35.6 Å². The first kappa shape index (κ1) is 46.3. The second kappa shape index (κ2) is 27.2. The van der Waals surface area contributed by atoms with Crippen LogP contribution in [0.15, 0.2) is 59.5 Å². The van der Waals surface area contributed by atoms with Crippen molar-refractivity contribution >= 4 is 51.6 Å². The molecule has 11 nitrogen and oxygen atoms in total. The van der Waals surface area contributed by atoms with Crippen LogP contribution in [0.4, 0.5) is 5.69 Å². The Morgan fingerprint density at radius 1 is 0.795 bits per heavy atom. The Kier molecular flexibility index (Phi) is 28.6. The highest BCUT2D eigenvalue weighted by atomic mass is 127. The van der Waals surface area contributed by atoms with Gasteiger partial charge in [-0.05, 0) is 49.2 Å². The first-order chi connectivity index (χ1) is 19.8. The quantitative estimate of drug-likeness (QED) is 0.0335. The minimum absolute atomic E-state index is 0. The van der Waals surface area contributed by atoms with E-state index >= 15 is 0 Å². The van der Waals surface area contributed by atoms with Crippen LogP contribution in [0.25, 0.3) is 0 Å². The third-order valence-electron chi connectivity index (χ3n) is 6.30. The zero-order chi connectivity index (χ0) is 31.9. The molecule has 0 aromatic heterocycles. The number of nitrogens with zero attached hydrogens (tertiary/aromatic N) is 1. The number of benzene rings is 2. The van der Waals surface area contributed by atoms with Crippen molar-refractivity contribution in [2.75, 3.05) is 39.5 Å². The van der Waals surface area contributed by atoms with Crippen LogP contribution >= 0.6 is 24.0 Å². The number of sulfonamides is 1. The fourth-order valence-electron chi connectivity index (χ4n) is 3.87. The van der Waals surface area contributed by atoms with Crippen LogP contribution in [0.1, 0.15) is 71.1 Å². The normalized spacial score (nSPS) is 10.4. The molecular weight excluding hydrogens is 759 g/mol. The minimum atomic E-state index is -3.58. The van der Waals surface area contributed by atoms with Crippen LogP contribution in [0.5, 0.6) is 5.75 Å². The van der Waals surface area contributed by atoms with E-state index in [2.05, 4.69) is 21.0 Å². The number of ether oxygens (including phenoxy) is 1. The lowest BCUT2D eigenvalue weighted by atomic mass is 10.1. The summed E-state index contributed by atoms with van der Waals surface area (Å²) < 4.78 is 28.2. The van der Waals surface area contributed by atoms with Crippen molar-refractivity contribution in [2.24, 2.45) is 16.6 Å². The van der Waals surface area contributed by atoms with Gasteiger partial charge in [0.05, 0.1) is 25.5 Å². The van der Waals surface area contributed by atoms with Gasteiger partial charge < -0.3 is 43.4 Å². The topological polar surface area (TPSA) is 207 Å². The zero-order valence-electron chi connectivity index (χ0n) is 26.6. The predicted octanol–water partition coefficient (Wildman–Crippen LogP) is 1.96. The molecule has 0 aliphatic heterocycles. The first-order valence-corrected chi connectivity index (χ1v) is 16.1. The molecule has 44 heavy (non-hydrogen) atoms. The van der Waals surface area contributed by atoms with Gasteiger partial charge in [-0.15, -0.1) is 24.0 Å². The molecule has 0 atom stereocenters. The molecule has 0 spiro atoms. The van der Waals surface area contributed by atoms with E-state index in [0.717, 1.165) is 23.4 Å². The Balaban J connectivity index is -0.000000695. The summed E-state index contributed by atoms with van der Waals surface area (Å²) in [5, 5.41) is 19.8. The number of likely N-dealkylation sites (N-methyl/N-ethyl adjacent to an activating group) is 1. The molecule has 14 heteroatoms. The van der Waals surface area contributed by atoms with E-state index in [9.17, 15) is 8.42 Å². The van der Waals surface area contributed by atoms with Crippen molar-refractivity contribution in [3.8, 4) is 5.75 Å². The summed E-state index contributed by atoms with van der Waals surface area (Å²) in [5.41, 5.74) is 15.3. The maximum absolute atomic E-state index is 10.7. The largest absolute Gasteiger partial charge is 1.00 e. The second-order valence-corrected chi connectivity index (χ2v) is 12.4. The molecule has 2 rings (SSSR count). The molecule has 0 heterocycles. The fraction of sp³-hybridized carbons (Fsp3) is 0.533. The van der Waals surface area contributed by atoms with E-state index in [4.69, 9.17) is 37.9 Å². The molecule has 2 aromatic rings. The number of primary sulfonamides is 1. The molecule has 0 aliphatic carbocycles. The summed E-state index contributed by atoms with van der Waals surface area (Å²) in [6.45, 7) is 5.42. The Bertz CT molecular complexity index is 1100. The number of nitrogen functional groups attached to an aromatic ring is 1. The number of unbranched alkanes of at least 4 members (excludes halogenated alkanes) is 9. The number of anilines is 1. The van der Waals surface area contributed by atoms with Crippen LogP contribution in [0.3, 0.4) is 0 Å². The summed E-state index contributed by atoms with van der Waals surface area (Å²) in [6.07, 6.45) is 14.1. The van der Waals surface area contributed by atoms with Gasteiger partial charge in [-0.2, -0.15) is 0 Å². The minimum Gasteiger partial charge on any atom is -1.00 e. The Morgan fingerprint density at radius 2 is 1.25 bits per heavy atom. The predicted molar refractivity (Wildman–Crippen MR) is 190 cm³/mol. The molecule has 254 valence electrons. The van der Waals surface area contributed by atoms with Gasteiger partial charge in [-0.3, -0.25) is 16.1 Å². The van der Waals surface area contributed by atoms with Gasteiger partial charge in [-0.1, -0.05) is 76.5 Å². The third-order valence-corrected chi connectivity index (χ3v) is 7.23. The van der Waals surface area contributed by atoms with Crippen molar-refractivity contribution < 1.29 is 34.6 Å². The Hall–Kier alpha value is -2.14. The number of rotatable bonds is 16. The highest BCUT2D eigenvalue weighted by Gasteiger charge is 2.14. The Morgan fingerprint density at radius 3 is 1.66 bits per heavy atom. The number of hydrogen-bond acceptors (Lipinski definition) is 6. The standard InChI is InChI=1S/C22H40NO.C6H8N2O2S.C2H7N5.BrH.HI/c1-4-5-6-7-8-9-10-11-12-16-19-23(2,3)20-21-24-22-17-14-13-15-18-22;7-5-1-3-6(4-2-5)11(8,9)10;3-1(4)7-2(5)6;;/h13-15,17-18H,4-12,16,19-21H2,1-3H3;1-4H,7H2,(H2,8,9,10);(H7,3,4,5,6,7);2*1H/q+1;;;;/p-1. The monoisotopic (exact) mass is 814 g/mol. The number of halogens is 2. The van der Waals surface area contributed by atoms with Crippen LogP contribution in [-0.2, 0) is 10.0 Å². The number of quaternary nitrogens is 1. The van der Waals surface area contributed by atoms with E-state index in [0.29, 0.717) is 5.69 Å². The van der Waals surface area contributed by atoms with Gasteiger partial charge in [0, 0.05) is 5.69 Å². The van der Waals surface area contributed by atoms with Gasteiger partial charge in [0.2, 0.25) is 10.0 Å². The van der Waals surface area contributed by atoms with E-state index < -0.39 is 10.0 Å². The van der Waals surface area contributed by atoms with E-state index in [-0.39, 0.29) is 57.8 Å². The second-order valence-electron chi connectivity index (χ2n) is 10.8. The van der Waals surface area contributed by atoms with Crippen molar-refractivity contribution in [2.45, 2.75) is 76.0 Å². The molecular formula is C30H56BrIN8O3S. The smallest absolute Gasteiger partial charge is 0.238 e. The molecule has 0 saturated carbocycles. The summed E-state index contributed by atoms with van der Waals surface area (Å²) in [6, 6.07) is 15.8. The van der Waals surface area contributed by atoms with Crippen LogP contribution < -0.4 is 49.4 Å². The van der Waals surface area contributed by atoms with Gasteiger partial charge in [0.25, 0.3) is 0 Å². The molecule has 0 radical (unpaired) electrons. The lowest BCUT2D eigenvalue weighted by Gasteiger charge is -2.29. The molecule has 0 unspecified atom stereocenters. The number of hydrogen-bond donors (Lipinski definition) is 7. The molecule has 0 fully saturated rings. The maximum atomic E-state index is 10.7. The van der Waals surface area contributed by atoms with E-state index in [1.165, 1.54) is 95.0 Å². The third kappa shape index (κ3) is 28.6. The van der Waals surface area contributed by atoms with Crippen molar-refractivity contribution in [1.29, 1.82) is 10.8 Å². The van der Waals surface area contributed by atoms with Crippen LogP contribution in [-0.4, -0.2) is 58.6 Å². The van der Waals surface area contributed by atoms with Crippen LogP contribution in [0.2, 0.25) is 0 Å². The number of nitrogens with one attached hydrogen (secondary N) is 3.